The highest BCUT2D eigenvalue weighted by atomic mass is 35.5. The second-order valence-corrected chi connectivity index (χ2v) is 3.74. The third kappa shape index (κ3) is 1.88. The summed E-state index contributed by atoms with van der Waals surface area (Å²) in [6.07, 6.45) is 0.613. The van der Waals surface area contributed by atoms with Crippen molar-refractivity contribution in [3.8, 4) is 11.3 Å². The van der Waals surface area contributed by atoms with Gasteiger partial charge < -0.3 is 10.2 Å². The second-order valence-electron chi connectivity index (χ2n) is 3.31. The van der Waals surface area contributed by atoms with Crippen LogP contribution in [-0.2, 0) is 6.42 Å². The molecule has 1 heterocycles. The minimum absolute atomic E-state index is 0.0335. The molecule has 1 aromatic heterocycles. The van der Waals surface area contributed by atoms with E-state index in [1.54, 1.807) is 0 Å². The van der Waals surface area contributed by atoms with Crippen LogP contribution in [0.3, 0.4) is 0 Å². The van der Waals surface area contributed by atoms with Gasteiger partial charge in [-0.25, -0.2) is 4.39 Å². The van der Waals surface area contributed by atoms with Crippen LogP contribution < -0.4 is 5.73 Å². The van der Waals surface area contributed by atoms with Crippen molar-refractivity contribution in [1.29, 1.82) is 0 Å². The highest BCUT2D eigenvalue weighted by Gasteiger charge is 2.16. The zero-order chi connectivity index (χ0) is 11.7. The number of nitrogen functional groups attached to an aromatic ring is 1. The number of halogens is 2. The van der Waals surface area contributed by atoms with Gasteiger partial charge in [0.05, 0.1) is 11.3 Å². The Kier molecular flexibility index (Phi) is 2.83. The molecule has 1 aromatic carbocycles. The zero-order valence-corrected chi connectivity index (χ0v) is 9.38. The molecule has 2 rings (SSSR count). The van der Waals surface area contributed by atoms with E-state index in [1.807, 2.05) is 6.92 Å². The Balaban J connectivity index is 2.61. The van der Waals surface area contributed by atoms with Crippen molar-refractivity contribution in [3.63, 3.8) is 0 Å². The molecule has 0 radical (unpaired) electrons. The van der Waals surface area contributed by atoms with Gasteiger partial charge in [0.2, 0.25) is 0 Å². The van der Waals surface area contributed by atoms with Gasteiger partial charge in [-0.1, -0.05) is 18.5 Å². The Morgan fingerprint density at radius 1 is 1.50 bits per heavy atom. The second kappa shape index (κ2) is 4.14. The van der Waals surface area contributed by atoms with E-state index in [4.69, 9.17) is 21.8 Å². The Bertz CT molecular complexity index is 525. The summed E-state index contributed by atoms with van der Waals surface area (Å²) in [6, 6.07) is 4.30. The van der Waals surface area contributed by atoms with Gasteiger partial charge in [0.25, 0.3) is 6.01 Å². The lowest BCUT2D eigenvalue weighted by atomic mass is 10.1. The molecule has 2 aromatic rings. The lowest BCUT2D eigenvalue weighted by molar-refractivity contribution is 0.578. The molecule has 0 unspecified atom stereocenters. The molecule has 0 spiro atoms. The van der Waals surface area contributed by atoms with Crippen LogP contribution in [0.4, 0.5) is 10.4 Å². The lowest BCUT2D eigenvalue weighted by Gasteiger charge is -2.01. The van der Waals surface area contributed by atoms with Crippen LogP contribution in [0.15, 0.2) is 22.6 Å². The molecule has 0 saturated heterocycles. The summed E-state index contributed by atoms with van der Waals surface area (Å²) in [7, 11) is 0. The summed E-state index contributed by atoms with van der Waals surface area (Å²) in [5.74, 6) is -0.0600. The number of hydrogen-bond acceptors (Lipinski definition) is 3. The van der Waals surface area contributed by atoms with Gasteiger partial charge in [0, 0.05) is 5.02 Å². The summed E-state index contributed by atoms with van der Waals surface area (Å²) in [5, 5.41) is 0.438. The van der Waals surface area contributed by atoms with Crippen LogP contribution in [-0.4, -0.2) is 4.98 Å². The van der Waals surface area contributed by atoms with Crippen molar-refractivity contribution in [1.82, 2.24) is 4.98 Å². The van der Waals surface area contributed by atoms with E-state index in [0.717, 1.165) is 0 Å². The van der Waals surface area contributed by atoms with E-state index < -0.39 is 5.82 Å². The summed E-state index contributed by atoms with van der Waals surface area (Å²) in [4.78, 5) is 3.98. The fourth-order valence-corrected chi connectivity index (χ4v) is 1.66. The summed E-state index contributed by atoms with van der Waals surface area (Å²) < 4.78 is 18.8. The van der Waals surface area contributed by atoms with E-state index in [9.17, 15) is 4.39 Å². The largest absolute Gasteiger partial charge is 0.423 e. The fourth-order valence-electron chi connectivity index (χ4n) is 1.49. The number of nitrogens with zero attached hydrogens (tertiary/aromatic N) is 1. The predicted octanol–water partition coefficient (Wildman–Crippen LogP) is 3.28. The first kappa shape index (κ1) is 11.0. The van der Waals surface area contributed by atoms with Crippen LogP contribution >= 0.6 is 11.6 Å². The molecule has 0 aliphatic rings. The van der Waals surface area contributed by atoms with Crippen LogP contribution in [0, 0.1) is 5.82 Å². The monoisotopic (exact) mass is 240 g/mol. The normalized spacial score (nSPS) is 10.7. The molecule has 2 N–H and O–H groups in total. The summed E-state index contributed by atoms with van der Waals surface area (Å²) >= 11 is 5.81. The number of nitrogens with two attached hydrogens (primary N) is 1. The predicted molar refractivity (Wildman–Crippen MR) is 60.7 cm³/mol. The first-order valence-electron chi connectivity index (χ1n) is 4.82. The molecule has 16 heavy (non-hydrogen) atoms. The number of aryl methyl sites for hydroxylation is 1. The smallest absolute Gasteiger partial charge is 0.292 e. The summed E-state index contributed by atoms with van der Waals surface area (Å²) in [5.41, 5.74) is 6.36. The Morgan fingerprint density at radius 2 is 2.25 bits per heavy atom. The molecular weight excluding hydrogens is 231 g/mol. The molecule has 84 valence electrons. The first-order valence-corrected chi connectivity index (χ1v) is 5.20. The molecule has 3 nitrogen and oxygen atoms in total. The van der Waals surface area contributed by atoms with Crippen molar-refractivity contribution >= 4 is 17.6 Å². The molecule has 0 fully saturated rings. The van der Waals surface area contributed by atoms with E-state index in [2.05, 4.69) is 4.98 Å². The quantitative estimate of drug-likeness (QED) is 0.876. The van der Waals surface area contributed by atoms with Crippen LogP contribution in [0.1, 0.15) is 12.6 Å². The average molecular weight is 241 g/mol. The highest BCUT2D eigenvalue weighted by molar-refractivity contribution is 6.30. The minimum atomic E-state index is -0.407. The van der Waals surface area contributed by atoms with Crippen LogP contribution in [0.25, 0.3) is 11.3 Å². The SMILES string of the molecule is CCc1nc(N)oc1-c1cc(Cl)ccc1F. The number of hydrogen-bond donors (Lipinski definition) is 1. The van der Waals surface area contributed by atoms with Gasteiger partial charge in [-0.3, -0.25) is 0 Å². The zero-order valence-electron chi connectivity index (χ0n) is 8.63. The summed E-state index contributed by atoms with van der Waals surface area (Å²) in [6.45, 7) is 1.89. The van der Waals surface area contributed by atoms with Crippen LogP contribution in [0.2, 0.25) is 5.02 Å². The van der Waals surface area contributed by atoms with Crippen molar-refractivity contribution in [3.05, 3.63) is 34.7 Å². The van der Waals surface area contributed by atoms with Gasteiger partial charge in [-0.05, 0) is 24.6 Å². The van der Waals surface area contributed by atoms with E-state index in [-0.39, 0.29) is 11.6 Å². The van der Waals surface area contributed by atoms with Gasteiger partial charge in [0.15, 0.2) is 5.76 Å². The van der Waals surface area contributed by atoms with E-state index in [0.29, 0.717) is 22.9 Å². The molecule has 0 atom stereocenters. The molecular formula is C11H10ClFN2O. The average Bonchev–Trinajstić information content (AvgIpc) is 2.63. The molecule has 5 heteroatoms. The topological polar surface area (TPSA) is 52.0 Å². The molecule has 0 aliphatic heterocycles. The number of aromatic nitrogens is 1. The molecule has 0 bridgehead atoms. The van der Waals surface area contributed by atoms with Gasteiger partial charge in [0.1, 0.15) is 5.82 Å². The number of rotatable bonds is 2. The number of oxazole rings is 1. The molecule has 0 amide bonds. The van der Waals surface area contributed by atoms with Gasteiger partial charge in [-0.15, -0.1) is 0 Å². The Morgan fingerprint density at radius 3 is 2.94 bits per heavy atom. The Labute approximate surface area is 97.0 Å². The first-order chi connectivity index (χ1) is 7.61. The third-order valence-electron chi connectivity index (χ3n) is 2.22. The highest BCUT2D eigenvalue weighted by Crippen LogP contribution is 2.30. The van der Waals surface area contributed by atoms with E-state index in [1.165, 1.54) is 18.2 Å². The maximum Gasteiger partial charge on any atom is 0.292 e. The minimum Gasteiger partial charge on any atom is -0.423 e. The number of anilines is 1. The molecule has 0 aliphatic carbocycles. The van der Waals surface area contributed by atoms with Crippen molar-refractivity contribution in [2.75, 3.05) is 5.73 Å². The number of benzene rings is 1. The third-order valence-corrected chi connectivity index (χ3v) is 2.46. The maximum absolute atomic E-state index is 13.6. The standard InChI is InChI=1S/C11H10ClFN2O/c1-2-9-10(16-11(14)15-9)7-5-6(12)3-4-8(7)13/h3-5H,2H2,1H3,(H2,14,15). The Hall–Kier alpha value is -1.55. The van der Waals surface area contributed by atoms with Crippen molar-refractivity contribution < 1.29 is 8.81 Å². The van der Waals surface area contributed by atoms with Gasteiger partial charge >= 0.3 is 0 Å². The maximum atomic E-state index is 13.6. The van der Waals surface area contributed by atoms with Crippen LogP contribution in [0.5, 0.6) is 0 Å². The lowest BCUT2D eigenvalue weighted by Crippen LogP contribution is -1.88. The molecule has 0 saturated carbocycles. The van der Waals surface area contributed by atoms with Gasteiger partial charge in [-0.2, -0.15) is 4.98 Å². The van der Waals surface area contributed by atoms with E-state index >= 15 is 0 Å². The van der Waals surface area contributed by atoms with Crippen molar-refractivity contribution in [2.45, 2.75) is 13.3 Å². The fraction of sp³-hybridized carbons (Fsp3) is 0.182. The van der Waals surface area contributed by atoms with Crippen molar-refractivity contribution in [2.24, 2.45) is 0 Å².